The quantitative estimate of drug-likeness (QED) is 0.384. The van der Waals surface area contributed by atoms with E-state index in [0.29, 0.717) is 6.54 Å². The van der Waals surface area contributed by atoms with Crippen molar-refractivity contribution in [1.82, 2.24) is 30.4 Å². The molecule has 0 atom stereocenters. The third kappa shape index (κ3) is 5.38. The monoisotopic (exact) mass is 489 g/mol. The molecule has 0 spiro atoms. The summed E-state index contributed by atoms with van der Waals surface area (Å²) in [6.45, 7) is 6.68. The first-order chi connectivity index (χ1) is 12.2. The van der Waals surface area contributed by atoms with E-state index in [2.05, 4.69) is 42.3 Å². The fourth-order valence-electron chi connectivity index (χ4n) is 3.02. The first-order valence-electron chi connectivity index (χ1n) is 8.95. The van der Waals surface area contributed by atoms with Crippen LogP contribution in [0.25, 0.3) is 0 Å². The maximum atomic E-state index is 4.55. The molecular weight excluding hydrogens is 461 g/mol. The molecule has 144 valence electrons. The smallest absolute Gasteiger partial charge is 0.191 e. The van der Waals surface area contributed by atoms with Crippen molar-refractivity contribution in [3.05, 3.63) is 27.2 Å². The molecule has 2 aromatic heterocycles. The largest absolute Gasteiger partial charge is 0.356 e. The van der Waals surface area contributed by atoms with Crippen molar-refractivity contribution in [1.29, 1.82) is 0 Å². The topological polar surface area (TPSA) is 80.0 Å². The van der Waals surface area contributed by atoms with E-state index >= 15 is 0 Å². The Bertz CT molecular complexity index is 718. The van der Waals surface area contributed by atoms with Gasteiger partial charge >= 0.3 is 0 Å². The predicted molar refractivity (Wildman–Crippen MR) is 116 cm³/mol. The summed E-state index contributed by atoms with van der Waals surface area (Å²) in [5, 5.41) is 16.5. The fraction of sp³-hybridized carbons (Fsp3) is 0.647. The lowest BCUT2D eigenvalue weighted by Gasteiger charge is -2.11. The highest BCUT2D eigenvalue weighted by atomic mass is 127. The summed E-state index contributed by atoms with van der Waals surface area (Å²) >= 11 is 1.73. The summed E-state index contributed by atoms with van der Waals surface area (Å²) in [4.78, 5) is 10.1. The highest BCUT2D eigenvalue weighted by Gasteiger charge is 2.14. The summed E-state index contributed by atoms with van der Waals surface area (Å²) in [6.07, 6.45) is 5.64. The lowest BCUT2D eigenvalue weighted by Crippen LogP contribution is -2.38. The maximum absolute atomic E-state index is 4.55. The average Bonchev–Trinajstić information content (AvgIpc) is 3.04. The lowest BCUT2D eigenvalue weighted by atomic mass is 10.2. The van der Waals surface area contributed by atoms with Crippen LogP contribution in [0.1, 0.15) is 46.5 Å². The van der Waals surface area contributed by atoms with Gasteiger partial charge < -0.3 is 15.2 Å². The van der Waals surface area contributed by atoms with Gasteiger partial charge in [0.25, 0.3) is 0 Å². The van der Waals surface area contributed by atoms with Crippen LogP contribution in [0.15, 0.2) is 4.99 Å². The van der Waals surface area contributed by atoms with Crippen LogP contribution >= 0.6 is 35.3 Å². The number of rotatable bonds is 5. The van der Waals surface area contributed by atoms with Crippen molar-refractivity contribution in [2.75, 3.05) is 13.6 Å². The number of hydrogen-bond donors (Lipinski definition) is 2. The third-order valence-corrected chi connectivity index (χ3v) is 5.60. The second-order valence-corrected chi connectivity index (χ2v) is 7.63. The third-order valence-electron chi connectivity index (χ3n) is 4.53. The summed E-state index contributed by atoms with van der Waals surface area (Å²) in [7, 11) is 1.79. The molecule has 0 aromatic carbocycles. The lowest BCUT2D eigenvalue weighted by molar-refractivity contribution is 0.600. The Morgan fingerprint density at radius 1 is 1.19 bits per heavy atom. The van der Waals surface area contributed by atoms with Crippen molar-refractivity contribution in [2.24, 2.45) is 4.99 Å². The van der Waals surface area contributed by atoms with Crippen LogP contribution in [-0.4, -0.2) is 39.3 Å². The second kappa shape index (κ2) is 10.2. The Morgan fingerprint density at radius 2 is 2.04 bits per heavy atom. The van der Waals surface area contributed by atoms with Crippen molar-refractivity contribution in [3.8, 4) is 0 Å². The van der Waals surface area contributed by atoms with E-state index in [4.69, 9.17) is 0 Å². The zero-order chi connectivity index (χ0) is 17.6. The highest BCUT2D eigenvalue weighted by Crippen LogP contribution is 2.16. The van der Waals surface area contributed by atoms with E-state index in [1.807, 2.05) is 6.92 Å². The molecule has 2 N–H and O–H groups in total. The Kier molecular flexibility index (Phi) is 8.26. The van der Waals surface area contributed by atoms with Gasteiger partial charge in [-0.1, -0.05) is 6.42 Å². The molecule has 26 heavy (non-hydrogen) atoms. The Morgan fingerprint density at radius 3 is 2.77 bits per heavy atom. The minimum absolute atomic E-state index is 0. The molecule has 1 aliphatic heterocycles. The molecule has 0 saturated heterocycles. The number of fused-ring (bicyclic) bond motifs is 1. The van der Waals surface area contributed by atoms with Crippen molar-refractivity contribution in [3.63, 3.8) is 0 Å². The van der Waals surface area contributed by atoms with Crippen molar-refractivity contribution in [2.45, 2.75) is 59.0 Å². The van der Waals surface area contributed by atoms with Gasteiger partial charge in [0.1, 0.15) is 16.7 Å². The van der Waals surface area contributed by atoms with Gasteiger partial charge in [-0.15, -0.1) is 45.5 Å². The maximum Gasteiger partial charge on any atom is 0.191 e. The summed E-state index contributed by atoms with van der Waals surface area (Å²) in [6, 6.07) is 0. The Hall–Kier alpha value is -1.23. The number of thiazole rings is 1. The minimum atomic E-state index is 0. The number of nitrogens with zero attached hydrogens (tertiary/aromatic N) is 5. The average molecular weight is 489 g/mol. The molecule has 0 amide bonds. The standard InChI is InChI=1S/C17H27N7S.HI/c1-12-13(2)25-16(21-12)11-20-17(18-3)19-9-8-15-23-22-14-7-5-4-6-10-24(14)15;/h4-11H2,1-3H3,(H2,18,19,20);1H. The first-order valence-corrected chi connectivity index (χ1v) is 9.77. The molecule has 0 radical (unpaired) electrons. The fourth-order valence-corrected chi connectivity index (χ4v) is 3.89. The van der Waals surface area contributed by atoms with Gasteiger partial charge in [0.2, 0.25) is 0 Å². The summed E-state index contributed by atoms with van der Waals surface area (Å²) in [5.74, 6) is 3.01. The second-order valence-electron chi connectivity index (χ2n) is 6.35. The highest BCUT2D eigenvalue weighted by molar-refractivity contribution is 14.0. The summed E-state index contributed by atoms with van der Waals surface area (Å²) in [5.41, 5.74) is 1.11. The van der Waals surface area contributed by atoms with Crippen LogP contribution in [0.4, 0.5) is 0 Å². The van der Waals surface area contributed by atoms with Gasteiger partial charge in [0.15, 0.2) is 5.96 Å². The summed E-state index contributed by atoms with van der Waals surface area (Å²) < 4.78 is 2.30. The van der Waals surface area contributed by atoms with Gasteiger partial charge in [-0.25, -0.2) is 4.98 Å². The molecule has 0 saturated carbocycles. The molecule has 3 rings (SSSR count). The van der Waals surface area contributed by atoms with Crippen LogP contribution < -0.4 is 10.6 Å². The SMILES string of the molecule is CN=C(NCCc1nnc2n1CCCCC2)NCc1nc(C)c(C)s1.I. The molecule has 2 aromatic rings. The number of aliphatic imine (C=N–C) groups is 1. The van der Waals surface area contributed by atoms with Crippen LogP contribution in [0.2, 0.25) is 0 Å². The van der Waals surface area contributed by atoms with Crippen LogP contribution in [0.3, 0.4) is 0 Å². The van der Waals surface area contributed by atoms with E-state index in [0.717, 1.165) is 54.2 Å². The number of aryl methyl sites for hydroxylation is 3. The van der Waals surface area contributed by atoms with Crippen molar-refractivity contribution >= 4 is 41.3 Å². The number of hydrogen-bond acceptors (Lipinski definition) is 5. The molecule has 3 heterocycles. The van der Waals surface area contributed by atoms with Gasteiger partial charge in [-0.2, -0.15) is 0 Å². The zero-order valence-corrected chi connectivity index (χ0v) is 18.9. The van der Waals surface area contributed by atoms with E-state index in [-0.39, 0.29) is 24.0 Å². The van der Waals surface area contributed by atoms with Gasteiger partial charge in [-0.3, -0.25) is 4.99 Å². The first kappa shape index (κ1) is 21.1. The molecule has 0 fully saturated rings. The minimum Gasteiger partial charge on any atom is -0.356 e. The number of aromatic nitrogens is 4. The van der Waals surface area contributed by atoms with E-state index in [1.165, 1.54) is 24.1 Å². The molecule has 1 aliphatic rings. The Labute approximate surface area is 176 Å². The van der Waals surface area contributed by atoms with E-state index in [1.54, 1.807) is 18.4 Å². The molecule has 0 aliphatic carbocycles. The van der Waals surface area contributed by atoms with Gasteiger partial charge in [-0.05, 0) is 26.7 Å². The molecule has 0 bridgehead atoms. The molecule has 7 nitrogen and oxygen atoms in total. The van der Waals surface area contributed by atoms with Crippen LogP contribution in [0, 0.1) is 13.8 Å². The normalized spacial score (nSPS) is 14.3. The zero-order valence-electron chi connectivity index (χ0n) is 15.7. The van der Waals surface area contributed by atoms with Gasteiger partial charge in [0, 0.05) is 37.9 Å². The van der Waals surface area contributed by atoms with Crippen LogP contribution in [-0.2, 0) is 25.9 Å². The number of guanidine groups is 1. The molecule has 9 heteroatoms. The van der Waals surface area contributed by atoms with Gasteiger partial charge in [0.05, 0.1) is 12.2 Å². The van der Waals surface area contributed by atoms with Crippen LogP contribution in [0.5, 0.6) is 0 Å². The van der Waals surface area contributed by atoms with Crippen molar-refractivity contribution < 1.29 is 0 Å². The number of nitrogens with one attached hydrogen (secondary N) is 2. The Balaban J connectivity index is 0.00000243. The van der Waals surface area contributed by atoms with E-state index < -0.39 is 0 Å². The van der Waals surface area contributed by atoms with E-state index in [9.17, 15) is 0 Å². The molecular formula is C17H28IN7S. The molecule has 0 unspecified atom stereocenters. The predicted octanol–water partition coefficient (Wildman–Crippen LogP) is 2.60. The number of halogens is 1.